The number of halogens is 2. The molecule has 5 atom stereocenters. The van der Waals surface area contributed by atoms with Crippen molar-refractivity contribution >= 4 is 35.6 Å². The minimum atomic E-state index is -4.63. The molecule has 14 heteroatoms. The number of alkyl halides is 2. The van der Waals surface area contributed by atoms with Crippen molar-refractivity contribution in [1.82, 2.24) is 21.3 Å². The second kappa shape index (κ2) is 18.3. The van der Waals surface area contributed by atoms with Gasteiger partial charge in [0.1, 0.15) is 23.7 Å². The predicted molar refractivity (Wildman–Crippen MR) is 171 cm³/mol. The number of methoxy groups -OCH3 is 1. The fourth-order valence-corrected chi connectivity index (χ4v) is 5.36. The van der Waals surface area contributed by atoms with Gasteiger partial charge in [0, 0.05) is 0 Å². The summed E-state index contributed by atoms with van der Waals surface area (Å²) in [5.41, 5.74) is -0.865. The fourth-order valence-electron chi connectivity index (χ4n) is 5.36. The van der Waals surface area contributed by atoms with Gasteiger partial charge in [0.25, 0.3) is 5.91 Å². The number of carbonyl (C=O) groups is 6. The largest absolute Gasteiger partial charge is 0.467 e. The van der Waals surface area contributed by atoms with Gasteiger partial charge in [-0.2, -0.15) is 8.78 Å². The summed E-state index contributed by atoms with van der Waals surface area (Å²) in [5.74, 6) is -12.7. The van der Waals surface area contributed by atoms with Gasteiger partial charge in [-0.25, -0.2) is 9.59 Å². The molecular formula is C33H56F2N4O8. The van der Waals surface area contributed by atoms with Crippen molar-refractivity contribution in [2.45, 2.75) is 143 Å². The van der Waals surface area contributed by atoms with Gasteiger partial charge in [-0.05, 0) is 50.9 Å². The Morgan fingerprint density at radius 1 is 0.766 bits per heavy atom. The Morgan fingerprint density at radius 2 is 1.28 bits per heavy atom. The van der Waals surface area contributed by atoms with Crippen LogP contribution in [0.3, 0.4) is 0 Å². The van der Waals surface area contributed by atoms with E-state index in [0.717, 1.165) is 26.4 Å². The topological polar surface area (TPSA) is 169 Å². The van der Waals surface area contributed by atoms with Crippen molar-refractivity contribution in [1.29, 1.82) is 0 Å². The molecule has 4 N–H and O–H groups in total. The highest BCUT2D eigenvalue weighted by molar-refractivity contribution is 6.11. The summed E-state index contributed by atoms with van der Waals surface area (Å²) in [7, 11) is 1.15. The Hall–Kier alpha value is -3.32. The van der Waals surface area contributed by atoms with Gasteiger partial charge in [0.2, 0.25) is 17.6 Å². The number of carbonyl (C=O) groups excluding carboxylic acids is 6. The smallest absolute Gasteiger partial charge is 0.408 e. The highest BCUT2D eigenvalue weighted by Crippen LogP contribution is 2.30. The summed E-state index contributed by atoms with van der Waals surface area (Å²) in [6.07, 6.45) is 3.41. The second-order valence-electron chi connectivity index (χ2n) is 14.2. The van der Waals surface area contributed by atoms with E-state index in [9.17, 15) is 28.8 Å². The highest BCUT2D eigenvalue weighted by atomic mass is 19.3. The van der Waals surface area contributed by atoms with Crippen LogP contribution in [-0.2, 0) is 33.4 Å². The van der Waals surface area contributed by atoms with Crippen molar-refractivity contribution in [3.05, 3.63) is 0 Å². The van der Waals surface area contributed by atoms with Crippen molar-refractivity contribution in [2.75, 3.05) is 7.11 Å². The van der Waals surface area contributed by atoms with Crippen LogP contribution in [0.15, 0.2) is 0 Å². The van der Waals surface area contributed by atoms with E-state index >= 15 is 8.78 Å². The molecule has 0 saturated heterocycles. The van der Waals surface area contributed by atoms with Gasteiger partial charge in [0.05, 0.1) is 13.2 Å². The molecule has 1 saturated carbocycles. The lowest BCUT2D eigenvalue weighted by Crippen LogP contribution is -2.61. The third-order valence-corrected chi connectivity index (χ3v) is 8.34. The third-order valence-electron chi connectivity index (χ3n) is 8.34. The molecule has 47 heavy (non-hydrogen) atoms. The zero-order valence-corrected chi connectivity index (χ0v) is 29.6. The molecule has 1 fully saturated rings. The number of Topliss-reactive ketones (excluding diaryl/α,β-unsaturated/α-hetero) is 1. The number of alkyl carbamates (subject to hydrolysis) is 1. The first-order valence-corrected chi connectivity index (χ1v) is 16.6. The fraction of sp³-hybridized carbons (Fsp3) is 0.818. The number of amides is 4. The lowest BCUT2D eigenvalue weighted by Gasteiger charge is -2.31. The van der Waals surface area contributed by atoms with E-state index in [4.69, 9.17) is 9.47 Å². The molecule has 1 rings (SSSR count). The zero-order valence-electron chi connectivity index (χ0n) is 29.6. The molecule has 4 amide bonds. The van der Waals surface area contributed by atoms with E-state index in [1.807, 2.05) is 5.32 Å². The minimum Gasteiger partial charge on any atom is -0.467 e. The lowest BCUT2D eigenvalue weighted by molar-refractivity contribution is -0.162. The average Bonchev–Trinajstić information content (AvgIpc) is 2.98. The molecule has 1 aliphatic carbocycles. The summed E-state index contributed by atoms with van der Waals surface area (Å²) >= 11 is 0. The Labute approximate surface area is 277 Å². The van der Waals surface area contributed by atoms with Crippen LogP contribution >= 0.6 is 0 Å². The zero-order chi connectivity index (χ0) is 36.3. The van der Waals surface area contributed by atoms with Crippen LogP contribution in [0.5, 0.6) is 0 Å². The van der Waals surface area contributed by atoms with Crippen molar-refractivity contribution in [2.24, 2.45) is 23.7 Å². The van der Waals surface area contributed by atoms with Crippen LogP contribution in [-0.4, -0.2) is 78.4 Å². The minimum absolute atomic E-state index is 0.130. The number of ketones is 1. The number of esters is 1. The van der Waals surface area contributed by atoms with Crippen LogP contribution in [0.4, 0.5) is 13.6 Å². The Bertz CT molecular complexity index is 1100. The third kappa shape index (κ3) is 13.0. The monoisotopic (exact) mass is 674 g/mol. The van der Waals surface area contributed by atoms with Crippen molar-refractivity contribution < 1.29 is 47.0 Å². The quantitative estimate of drug-likeness (QED) is 0.141. The predicted octanol–water partition coefficient (Wildman–Crippen LogP) is 4.04. The first kappa shape index (κ1) is 41.7. The molecule has 0 aromatic carbocycles. The molecule has 1 unspecified atom stereocenters. The summed E-state index contributed by atoms with van der Waals surface area (Å²) in [6, 6.07) is -5.59. The number of hydrogen-bond donors (Lipinski definition) is 4. The molecule has 270 valence electrons. The van der Waals surface area contributed by atoms with E-state index in [1.54, 1.807) is 48.5 Å². The van der Waals surface area contributed by atoms with Gasteiger partial charge in [-0.3, -0.25) is 19.2 Å². The van der Waals surface area contributed by atoms with Crippen LogP contribution < -0.4 is 21.3 Å². The Morgan fingerprint density at radius 3 is 1.74 bits per heavy atom. The molecule has 0 heterocycles. The maximum Gasteiger partial charge on any atom is 0.408 e. The standard InChI is InChI=1S/C33H56F2N4O8/c1-11-20(6)25(29(43)46-10)37-28(42)23(18(2)3)38-30(44)33(34,35)26(40)22(17-21-15-13-12-14-16-21)36-27(41)24(19(4)5)39-31(45)47-32(7,8)9/h18-25H,11-17H2,1-10H3,(H,36,41)(H,37,42)(H,38,44)(H,39,45)/t20?,22-,23-,24-,25-/m0/s1. The normalized spacial score (nSPS) is 17.5. The van der Waals surface area contributed by atoms with Gasteiger partial charge in [-0.1, -0.05) is 80.1 Å². The maximum atomic E-state index is 15.7. The maximum absolute atomic E-state index is 15.7. The van der Waals surface area contributed by atoms with E-state index in [0.29, 0.717) is 19.3 Å². The van der Waals surface area contributed by atoms with Crippen molar-refractivity contribution in [3.63, 3.8) is 0 Å². The molecular weight excluding hydrogens is 618 g/mol. The number of hydrogen-bond acceptors (Lipinski definition) is 8. The molecule has 0 aromatic heterocycles. The van der Waals surface area contributed by atoms with E-state index in [2.05, 4.69) is 16.0 Å². The molecule has 0 radical (unpaired) electrons. The first-order valence-electron chi connectivity index (χ1n) is 16.6. The molecule has 0 aromatic rings. The van der Waals surface area contributed by atoms with E-state index in [-0.39, 0.29) is 18.3 Å². The van der Waals surface area contributed by atoms with E-state index < -0.39 is 83.1 Å². The van der Waals surface area contributed by atoms with E-state index in [1.165, 1.54) is 13.8 Å². The number of rotatable bonds is 16. The van der Waals surface area contributed by atoms with Crippen LogP contribution in [0.1, 0.15) is 107 Å². The SMILES string of the molecule is CCC(C)[C@H](NC(=O)[C@@H](NC(=O)C(F)(F)C(=O)[C@H](CC1CCCCC1)NC(=O)[C@@H](NC(=O)OC(C)(C)C)C(C)C)C(C)C)C(=O)OC. The second-order valence-corrected chi connectivity index (χ2v) is 14.2. The van der Waals surface area contributed by atoms with Crippen molar-refractivity contribution in [3.8, 4) is 0 Å². The summed E-state index contributed by atoms with van der Waals surface area (Å²) in [4.78, 5) is 77.8. The van der Waals surface area contributed by atoms with Gasteiger partial charge < -0.3 is 30.7 Å². The lowest BCUT2D eigenvalue weighted by atomic mass is 9.83. The van der Waals surface area contributed by atoms with Crippen LogP contribution in [0.25, 0.3) is 0 Å². The van der Waals surface area contributed by atoms with Crippen LogP contribution in [0.2, 0.25) is 0 Å². The number of ether oxygens (including phenoxy) is 2. The summed E-state index contributed by atoms with van der Waals surface area (Å²) in [6.45, 7) is 14.7. The summed E-state index contributed by atoms with van der Waals surface area (Å²) in [5, 5.41) is 9.31. The average molecular weight is 675 g/mol. The van der Waals surface area contributed by atoms with Gasteiger partial charge in [0.15, 0.2) is 0 Å². The Balaban J connectivity index is 3.29. The highest BCUT2D eigenvalue weighted by Gasteiger charge is 2.52. The molecule has 0 aliphatic heterocycles. The summed E-state index contributed by atoms with van der Waals surface area (Å²) < 4.78 is 41.5. The molecule has 12 nitrogen and oxygen atoms in total. The molecule has 0 bridgehead atoms. The molecule has 1 aliphatic rings. The van der Waals surface area contributed by atoms with Crippen LogP contribution in [0, 0.1) is 23.7 Å². The van der Waals surface area contributed by atoms with Gasteiger partial charge >= 0.3 is 18.0 Å². The van der Waals surface area contributed by atoms with Gasteiger partial charge in [-0.15, -0.1) is 0 Å². The number of nitrogens with one attached hydrogen (secondary N) is 4. The first-order chi connectivity index (χ1) is 21.7. The Kier molecular flexibility index (Phi) is 16.2. The molecule has 0 spiro atoms.